The molecule has 0 saturated heterocycles. The van der Waals surface area contributed by atoms with E-state index in [2.05, 4.69) is 4.98 Å². The van der Waals surface area contributed by atoms with Gasteiger partial charge < -0.3 is 5.73 Å². The van der Waals surface area contributed by atoms with Gasteiger partial charge in [0.15, 0.2) is 0 Å². The number of carbonyl (C=O) groups excluding carboxylic acids is 1. The van der Waals surface area contributed by atoms with Gasteiger partial charge >= 0.3 is 0 Å². The van der Waals surface area contributed by atoms with Gasteiger partial charge in [-0.15, -0.1) is 0 Å². The second-order valence-corrected chi connectivity index (χ2v) is 3.57. The first-order valence-electron chi connectivity index (χ1n) is 4.09. The average molecular weight is 214 g/mol. The molecule has 0 aliphatic carbocycles. The predicted molar refractivity (Wildman–Crippen MR) is 54.9 cm³/mol. The molecule has 1 rings (SSSR count). The predicted octanol–water partition coefficient (Wildman–Crippen LogP) is 0.823. The van der Waals surface area contributed by atoms with Crippen molar-refractivity contribution >= 4 is 17.5 Å². The summed E-state index contributed by atoms with van der Waals surface area (Å²) in [5, 5.41) is 0.399. The smallest absolute Gasteiger partial charge is 0.239 e. The van der Waals surface area contributed by atoms with Gasteiger partial charge in [0.1, 0.15) is 11.2 Å². The molecule has 1 unspecified atom stereocenters. The summed E-state index contributed by atoms with van der Waals surface area (Å²) in [4.78, 5) is 16.8. The van der Waals surface area contributed by atoms with Crippen molar-refractivity contribution in [2.75, 3.05) is 14.1 Å². The molecule has 14 heavy (non-hydrogen) atoms. The quantitative estimate of drug-likeness (QED) is 0.757. The molecule has 5 heteroatoms. The number of halogens is 1. The van der Waals surface area contributed by atoms with E-state index in [1.54, 1.807) is 37.3 Å². The van der Waals surface area contributed by atoms with Crippen molar-refractivity contribution in [1.29, 1.82) is 0 Å². The number of carbonyl (C=O) groups is 1. The summed E-state index contributed by atoms with van der Waals surface area (Å²) in [6, 6.07) is 2.92. The van der Waals surface area contributed by atoms with Gasteiger partial charge in [0.2, 0.25) is 5.91 Å². The van der Waals surface area contributed by atoms with Crippen LogP contribution in [0.15, 0.2) is 18.3 Å². The molecule has 1 aromatic heterocycles. The molecule has 0 radical (unpaired) electrons. The van der Waals surface area contributed by atoms with Crippen LogP contribution in [-0.4, -0.2) is 29.9 Å². The lowest BCUT2D eigenvalue weighted by Crippen LogP contribution is -2.32. The van der Waals surface area contributed by atoms with E-state index in [1.807, 2.05) is 0 Å². The number of rotatable bonds is 3. The number of pyridine rings is 1. The highest BCUT2D eigenvalue weighted by Crippen LogP contribution is 2.17. The molecule has 0 bridgehead atoms. The first-order valence-corrected chi connectivity index (χ1v) is 4.47. The first-order chi connectivity index (χ1) is 6.52. The van der Waals surface area contributed by atoms with E-state index < -0.39 is 11.9 Å². The van der Waals surface area contributed by atoms with Crippen molar-refractivity contribution in [3.63, 3.8) is 0 Å². The van der Waals surface area contributed by atoms with E-state index in [1.165, 1.54) is 0 Å². The molecule has 0 spiro atoms. The molecule has 76 valence electrons. The minimum Gasteiger partial charge on any atom is -0.368 e. The number of nitrogens with zero attached hydrogens (tertiary/aromatic N) is 2. The zero-order chi connectivity index (χ0) is 10.7. The topological polar surface area (TPSA) is 59.2 Å². The van der Waals surface area contributed by atoms with E-state index in [-0.39, 0.29) is 0 Å². The van der Waals surface area contributed by atoms with Crippen LogP contribution in [0, 0.1) is 0 Å². The van der Waals surface area contributed by atoms with Crippen molar-refractivity contribution in [2.45, 2.75) is 6.04 Å². The lowest BCUT2D eigenvalue weighted by atomic mass is 10.1. The summed E-state index contributed by atoms with van der Waals surface area (Å²) in [6.45, 7) is 0. The summed E-state index contributed by atoms with van der Waals surface area (Å²) >= 11 is 5.63. The Morgan fingerprint density at radius 2 is 2.21 bits per heavy atom. The second-order valence-electron chi connectivity index (χ2n) is 3.18. The van der Waals surface area contributed by atoms with Crippen LogP contribution in [0.25, 0.3) is 0 Å². The third-order valence-electron chi connectivity index (χ3n) is 1.85. The number of primary amides is 1. The maximum atomic E-state index is 11.1. The number of hydrogen-bond acceptors (Lipinski definition) is 3. The summed E-state index contributed by atoms with van der Waals surface area (Å²) < 4.78 is 0. The highest BCUT2D eigenvalue weighted by molar-refractivity contribution is 6.29. The Labute approximate surface area is 87.7 Å². The Morgan fingerprint density at radius 1 is 1.57 bits per heavy atom. The van der Waals surface area contributed by atoms with Gasteiger partial charge in [-0.1, -0.05) is 17.7 Å². The second kappa shape index (κ2) is 4.39. The van der Waals surface area contributed by atoms with Crippen LogP contribution in [0.4, 0.5) is 0 Å². The molecule has 0 fully saturated rings. The van der Waals surface area contributed by atoms with Crippen LogP contribution in [0.5, 0.6) is 0 Å². The normalized spacial score (nSPS) is 12.9. The minimum atomic E-state index is -0.459. The number of amides is 1. The van der Waals surface area contributed by atoms with Crippen LogP contribution >= 0.6 is 11.6 Å². The number of hydrogen-bond donors (Lipinski definition) is 1. The molecule has 2 N–H and O–H groups in total. The van der Waals surface area contributed by atoms with E-state index in [0.717, 1.165) is 5.56 Å². The fourth-order valence-electron chi connectivity index (χ4n) is 1.27. The summed E-state index contributed by atoms with van der Waals surface area (Å²) in [7, 11) is 3.56. The molecule has 1 heterocycles. The van der Waals surface area contributed by atoms with Gasteiger partial charge in [-0.05, 0) is 25.7 Å². The third kappa shape index (κ3) is 2.43. The summed E-state index contributed by atoms with van der Waals surface area (Å²) in [5.41, 5.74) is 6.01. The standard InChI is InChI=1S/C9H12ClN3O/c1-13(2)8(9(11)14)6-3-4-7(10)12-5-6/h3-5,8H,1-2H3,(H2,11,14). The van der Waals surface area contributed by atoms with Crippen molar-refractivity contribution in [3.05, 3.63) is 29.0 Å². The number of aromatic nitrogens is 1. The van der Waals surface area contributed by atoms with Crippen LogP contribution in [0.3, 0.4) is 0 Å². The maximum absolute atomic E-state index is 11.1. The molecule has 0 aliphatic rings. The Bertz CT molecular complexity index is 323. The maximum Gasteiger partial charge on any atom is 0.239 e. The zero-order valence-corrected chi connectivity index (χ0v) is 8.82. The molecular weight excluding hydrogens is 202 g/mol. The van der Waals surface area contributed by atoms with Crippen LogP contribution < -0.4 is 5.73 Å². The Hall–Kier alpha value is -1.13. The molecule has 1 amide bonds. The zero-order valence-electron chi connectivity index (χ0n) is 8.07. The highest BCUT2D eigenvalue weighted by atomic mass is 35.5. The molecule has 0 aliphatic heterocycles. The Morgan fingerprint density at radius 3 is 2.57 bits per heavy atom. The lowest BCUT2D eigenvalue weighted by molar-refractivity contribution is -0.122. The van der Waals surface area contributed by atoms with Crippen molar-refractivity contribution in [1.82, 2.24) is 9.88 Å². The molecule has 4 nitrogen and oxygen atoms in total. The largest absolute Gasteiger partial charge is 0.368 e. The van der Waals surface area contributed by atoms with Gasteiger partial charge in [0, 0.05) is 6.20 Å². The van der Waals surface area contributed by atoms with Gasteiger partial charge in [-0.2, -0.15) is 0 Å². The van der Waals surface area contributed by atoms with E-state index in [9.17, 15) is 4.79 Å². The monoisotopic (exact) mass is 213 g/mol. The molecule has 1 aromatic rings. The molecule has 0 saturated carbocycles. The lowest BCUT2D eigenvalue weighted by Gasteiger charge is -2.20. The fourth-order valence-corrected chi connectivity index (χ4v) is 1.38. The van der Waals surface area contributed by atoms with Crippen molar-refractivity contribution < 1.29 is 4.79 Å². The minimum absolute atomic E-state index is 0.399. The van der Waals surface area contributed by atoms with E-state index in [0.29, 0.717) is 5.15 Å². The molecule has 0 aromatic carbocycles. The van der Waals surface area contributed by atoms with Crippen LogP contribution in [0.1, 0.15) is 11.6 Å². The van der Waals surface area contributed by atoms with E-state index in [4.69, 9.17) is 17.3 Å². The third-order valence-corrected chi connectivity index (χ3v) is 2.08. The van der Waals surface area contributed by atoms with Crippen LogP contribution in [-0.2, 0) is 4.79 Å². The Kier molecular flexibility index (Phi) is 3.43. The Balaban J connectivity index is 3.00. The summed E-state index contributed by atoms with van der Waals surface area (Å²) in [6.07, 6.45) is 1.55. The van der Waals surface area contributed by atoms with Crippen molar-refractivity contribution in [2.24, 2.45) is 5.73 Å². The fraction of sp³-hybridized carbons (Fsp3) is 0.333. The summed E-state index contributed by atoms with van der Waals surface area (Å²) in [5.74, 6) is -0.404. The molecular formula is C9H12ClN3O. The van der Waals surface area contributed by atoms with Gasteiger partial charge in [-0.25, -0.2) is 4.98 Å². The van der Waals surface area contributed by atoms with Gasteiger partial charge in [-0.3, -0.25) is 9.69 Å². The van der Waals surface area contributed by atoms with Gasteiger partial charge in [0.25, 0.3) is 0 Å². The highest BCUT2D eigenvalue weighted by Gasteiger charge is 2.19. The van der Waals surface area contributed by atoms with Crippen molar-refractivity contribution in [3.8, 4) is 0 Å². The van der Waals surface area contributed by atoms with Gasteiger partial charge in [0.05, 0.1) is 0 Å². The first kappa shape index (κ1) is 10.9. The molecule has 1 atom stereocenters. The SMILES string of the molecule is CN(C)C(C(N)=O)c1ccc(Cl)nc1. The van der Waals surface area contributed by atoms with E-state index >= 15 is 0 Å². The number of likely N-dealkylation sites (N-methyl/N-ethyl adjacent to an activating group) is 1. The number of nitrogens with two attached hydrogens (primary N) is 1. The van der Waals surface area contributed by atoms with Crippen LogP contribution in [0.2, 0.25) is 5.15 Å². The average Bonchev–Trinajstić information content (AvgIpc) is 2.07.